The molecule has 3 N–H and O–H groups in total. The predicted molar refractivity (Wildman–Crippen MR) is 79.7 cm³/mol. The highest BCUT2D eigenvalue weighted by atomic mass is 16.7. The molecule has 136 valence electrons. The van der Waals surface area contributed by atoms with E-state index in [9.17, 15) is 19.8 Å². The average molecular weight is 345 g/mol. The predicted octanol–water partition coefficient (Wildman–Crippen LogP) is -1.53. The van der Waals surface area contributed by atoms with E-state index >= 15 is 0 Å². The minimum Gasteiger partial charge on any atom is -0.485 e. The number of aliphatic hydroxyl groups is 2. The molecular weight excluding hydrogens is 322 g/mol. The number of carbonyl (C=O) groups excluding carboxylic acids is 2. The summed E-state index contributed by atoms with van der Waals surface area (Å²) in [6.45, 7) is 3.07. The molecule has 0 aromatic heterocycles. The maximum atomic E-state index is 11.4. The van der Waals surface area contributed by atoms with Gasteiger partial charge < -0.3 is 34.5 Å². The van der Waals surface area contributed by atoms with Crippen LogP contribution in [0.4, 0.5) is 0 Å². The molecule has 0 aromatic carbocycles. The molecule has 7 atom stereocenters. The lowest BCUT2D eigenvalue weighted by Crippen LogP contribution is -2.58. The zero-order valence-corrected chi connectivity index (χ0v) is 13.7. The molecule has 0 bridgehead atoms. The molecular formula is C15H23NO8. The van der Waals surface area contributed by atoms with Crippen LogP contribution < -0.4 is 5.32 Å². The second kappa shape index (κ2) is 8.04. The third-order valence-electron chi connectivity index (χ3n) is 4.02. The van der Waals surface area contributed by atoms with Crippen molar-refractivity contribution in [2.24, 2.45) is 0 Å². The topological polar surface area (TPSA) is 124 Å². The average Bonchev–Trinajstić information content (AvgIpc) is 2.54. The van der Waals surface area contributed by atoms with E-state index in [1.807, 2.05) is 0 Å². The third kappa shape index (κ3) is 4.11. The van der Waals surface area contributed by atoms with E-state index in [2.05, 4.69) is 5.32 Å². The summed E-state index contributed by atoms with van der Waals surface area (Å²) in [6.07, 6.45) is -3.69. The molecule has 9 heteroatoms. The molecule has 0 saturated carbocycles. The fourth-order valence-electron chi connectivity index (χ4n) is 2.73. The zero-order valence-electron chi connectivity index (χ0n) is 13.7. The van der Waals surface area contributed by atoms with E-state index in [0.717, 1.165) is 0 Å². The van der Waals surface area contributed by atoms with Gasteiger partial charge in [-0.15, -0.1) is 0 Å². The van der Waals surface area contributed by atoms with Crippen molar-refractivity contribution in [2.75, 3.05) is 13.7 Å². The Kier molecular flexibility index (Phi) is 6.30. The summed E-state index contributed by atoms with van der Waals surface area (Å²) in [5, 5.41) is 22.8. The van der Waals surface area contributed by atoms with E-state index in [0.29, 0.717) is 6.29 Å². The van der Waals surface area contributed by atoms with Crippen molar-refractivity contribution in [3.05, 3.63) is 11.8 Å². The number of aldehydes is 1. The largest absolute Gasteiger partial charge is 0.485 e. The number of ether oxygens (including phenoxy) is 4. The number of amides is 1. The number of hydrogen-bond acceptors (Lipinski definition) is 8. The van der Waals surface area contributed by atoms with Crippen molar-refractivity contribution in [3.8, 4) is 0 Å². The van der Waals surface area contributed by atoms with E-state index in [1.165, 1.54) is 20.1 Å². The molecule has 2 aliphatic heterocycles. The Morgan fingerprint density at radius 1 is 1.42 bits per heavy atom. The van der Waals surface area contributed by atoms with Gasteiger partial charge in [0, 0.05) is 14.0 Å². The Balaban J connectivity index is 2.14. The summed E-state index contributed by atoms with van der Waals surface area (Å²) in [5.74, 6) is -0.230. The minimum atomic E-state index is -1.34. The number of hydrogen-bond donors (Lipinski definition) is 3. The first kappa shape index (κ1) is 18.8. The molecule has 0 spiro atoms. The minimum absolute atomic E-state index is 0.0349. The number of methoxy groups -OCH3 is 1. The maximum absolute atomic E-state index is 11.4. The fourth-order valence-corrected chi connectivity index (χ4v) is 2.73. The van der Waals surface area contributed by atoms with E-state index in [1.54, 1.807) is 6.92 Å². The van der Waals surface area contributed by atoms with Crippen LogP contribution in [0.1, 0.15) is 13.8 Å². The Morgan fingerprint density at radius 3 is 2.71 bits per heavy atom. The molecule has 1 amide bonds. The van der Waals surface area contributed by atoms with Gasteiger partial charge in [-0.1, -0.05) is 0 Å². The lowest BCUT2D eigenvalue weighted by atomic mass is 10.0. The van der Waals surface area contributed by atoms with Crippen molar-refractivity contribution in [1.82, 2.24) is 5.32 Å². The molecule has 9 nitrogen and oxygen atoms in total. The van der Waals surface area contributed by atoms with E-state index in [4.69, 9.17) is 18.9 Å². The third-order valence-corrected chi connectivity index (χ3v) is 4.02. The quantitative estimate of drug-likeness (QED) is 0.513. The van der Waals surface area contributed by atoms with Crippen LogP contribution in [-0.2, 0) is 28.5 Å². The SMILES string of the molecule is COC1COC(OC2C=C(C=O)OC(C)C2NC(C)=O)C(O)C1O. The van der Waals surface area contributed by atoms with E-state index < -0.39 is 42.9 Å². The smallest absolute Gasteiger partial charge is 0.217 e. The highest BCUT2D eigenvalue weighted by molar-refractivity contribution is 5.74. The van der Waals surface area contributed by atoms with Crippen molar-refractivity contribution in [3.63, 3.8) is 0 Å². The van der Waals surface area contributed by atoms with Gasteiger partial charge >= 0.3 is 0 Å². The van der Waals surface area contributed by atoms with Crippen molar-refractivity contribution in [2.45, 2.75) is 56.7 Å². The van der Waals surface area contributed by atoms with Crippen molar-refractivity contribution < 1.29 is 38.7 Å². The van der Waals surface area contributed by atoms with Crippen LogP contribution in [0, 0.1) is 0 Å². The first-order valence-electron chi connectivity index (χ1n) is 7.64. The second-order valence-electron chi connectivity index (χ2n) is 5.79. The Labute approximate surface area is 139 Å². The van der Waals surface area contributed by atoms with Gasteiger partial charge in [0.25, 0.3) is 0 Å². The van der Waals surface area contributed by atoms with Gasteiger partial charge in [0.15, 0.2) is 18.3 Å². The normalized spacial score (nSPS) is 39.5. The number of carbonyl (C=O) groups is 2. The monoisotopic (exact) mass is 345 g/mol. The Hall–Kier alpha value is -1.52. The van der Waals surface area contributed by atoms with Crippen LogP contribution in [0.3, 0.4) is 0 Å². The van der Waals surface area contributed by atoms with Gasteiger partial charge in [-0.3, -0.25) is 9.59 Å². The maximum Gasteiger partial charge on any atom is 0.217 e. The van der Waals surface area contributed by atoms with Gasteiger partial charge in [0.05, 0.1) is 12.6 Å². The first-order valence-corrected chi connectivity index (χ1v) is 7.64. The molecule has 1 saturated heterocycles. The van der Waals surface area contributed by atoms with Gasteiger partial charge in [-0.2, -0.15) is 0 Å². The number of aliphatic hydroxyl groups excluding tert-OH is 2. The molecule has 7 unspecified atom stereocenters. The van der Waals surface area contributed by atoms with Crippen LogP contribution in [-0.4, -0.2) is 79.0 Å². The van der Waals surface area contributed by atoms with E-state index in [-0.39, 0.29) is 18.3 Å². The molecule has 0 radical (unpaired) electrons. The summed E-state index contributed by atoms with van der Waals surface area (Å²) in [6, 6.07) is -0.584. The lowest BCUT2D eigenvalue weighted by Gasteiger charge is -2.41. The van der Waals surface area contributed by atoms with Gasteiger partial charge in [0.2, 0.25) is 5.91 Å². The Bertz CT molecular complexity index is 496. The van der Waals surface area contributed by atoms with Crippen LogP contribution in [0.2, 0.25) is 0 Å². The van der Waals surface area contributed by atoms with Crippen molar-refractivity contribution >= 4 is 12.2 Å². The molecule has 2 aliphatic rings. The fraction of sp³-hybridized carbons (Fsp3) is 0.733. The highest BCUT2D eigenvalue weighted by Crippen LogP contribution is 2.25. The first-order chi connectivity index (χ1) is 11.4. The number of allylic oxidation sites excluding steroid dienone is 1. The van der Waals surface area contributed by atoms with Gasteiger partial charge in [0.1, 0.15) is 30.5 Å². The molecule has 2 heterocycles. The number of rotatable bonds is 5. The summed E-state index contributed by atoms with van der Waals surface area (Å²) in [4.78, 5) is 22.4. The summed E-state index contributed by atoms with van der Waals surface area (Å²) in [5.41, 5.74) is 0. The summed E-state index contributed by atoms with van der Waals surface area (Å²) >= 11 is 0. The van der Waals surface area contributed by atoms with Crippen LogP contribution >= 0.6 is 0 Å². The molecule has 1 fully saturated rings. The Morgan fingerprint density at radius 2 is 2.12 bits per heavy atom. The summed E-state index contributed by atoms with van der Waals surface area (Å²) in [7, 11) is 1.40. The molecule has 0 aliphatic carbocycles. The lowest BCUT2D eigenvalue weighted by molar-refractivity contribution is -0.285. The van der Waals surface area contributed by atoms with Crippen LogP contribution in [0.25, 0.3) is 0 Å². The van der Waals surface area contributed by atoms with Gasteiger partial charge in [-0.25, -0.2) is 0 Å². The van der Waals surface area contributed by atoms with Crippen molar-refractivity contribution in [1.29, 1.82) is 0 Å². The standard InChI is InChI=1S/C15H23NO8/c1-7-12(16-8(2)18)10(4-9(5-17)23-7)24-15-14(20)13(19)11(21-3)6-22-15/h4-5,7,10-15,19-20H,6H2,1-3H3,(H,16,18). The van der Waals surface area contributed by atoms with Crippen LogP contribution in [0.15, 0.2) is 11.8 Å². The highest BCUT2D eigenvalue weighted by Gasteiger charge is 2.43. The van der Waals surface area contributed by atoms with Crippen LogP contribution in [0.5, 0.6) is 0 Å². The second-order valence-corrected chi connectivity index (χ2v) is 5.79. The molecule has 24 heavy (non-hydrogen) atoms. The zero-order chi connectivity index (χ0) is 17.9. The molecule has 2 rings (SSSR count). The summed E-state index contributed by atoms with van der Waals surface area (Å²) < 4.78 is 21.5. The molecule has 0 aromatic rings. The van der Waals surface area contributed by atoms with Gasteiger partial charge in [-0.05, 0) is 13.0 Å². The number of nitrogens with one attached hydrogen (secondary N) is 1.